The van der Waals surface area contributed by atoms with Gasteiger partial charge in [-0.2, -0.15) is 0 Å². The van der Waals surface area contributed by atoms with Crippen molar-refractivity contribution in [2.45, 2.75) is 5.41 Å². The van der Waals surface area contributed by atoms with E-state index in [1.54, 1.807) is 0 Å². The summed E-state index contributed by atoms with van der Waals surface area (Å²) in [5, 5.41) is 2.26. The molecule has 10 aromatic carbocycles. The number of nitrogens with zero attached hydrogens (tertiary/aromatic N) is 1. The number of para-hydroxylation sites is 2. The van der Waals surface area contributed by atoms with Crippen LogP contribution in [-0.4, -0.2) is 0 Å². The lowest BCUT2D eigenvalue weighted by molar-refractivity contribution is 0.670. The van der Waals surface area contributed by atoms with Gasteiger partial charge >= 0.3 is 0 Å². The Hall–Kier alpha value is -8.20. The maximum absolute atomic E-state index is 6.46. The van der Waals surface area contributed by atoms with E-state index in [2.05, 4.69) is 241 Å². The van der Waals surface area contributed by atoms with Crippen LogP contribution < -0.4 is 4.90 Å². The van der Waals surface area contributed by atoms with Gasteiger partial charge in [-0.25, -0.2) is 0 Å². The first-order valence-electron chi connectivity index (χ1n) is 21.7. The largest absolute Gasteiger partial charge is 0.455 e. The zero-order valence-electron chi connectivity index (χ0n) is 34.5. The number of rotatable bonds is 8. The maximum atomic E-state index is 6.46. The highest BCUT2D eigenvalue weighted by molar-refractivity contribution is 6.09. The zero-order chi connectivity index (χ0) is 41.7. The Morgan fingerprint density at radius 3 is 1.40 bits per heavy atom. The second kappa shape index (κ2) is 15.1. The van der Waals surface area contributed by atoms with Crippen molar-refractivity contribution < 1.29 is 4.42 Å². The lowest BCUT2D eigenvalue weighted by Gasteiger charge is -2.34. The Kier molecular flexibility index (Phi) is 8.76. The van der Waals surface area contributed by atoms with Crippen LogP contribution in [0.25, 0.3) is 66.4 Å². The van der Waals surface area contributed by atoms with E-state index in [-0.39, 0.29) is 0 Å². The Bertz CT molecular complexity index is 3370. The van der Waals surface area contributed by atoms with Gasteiger partial charge in [-0.1, -0.05) is 200 Å². The quantitative estimate of drug-likeness (QED) is 0.152. The Morgan fingerprint density at radius 1 is 0.302 bits per heavy atom. The molecular formula is C61H41NO. The fourth-order valence-electron chi connectivity index (χ4n) is 10.1. The first-order chi connectivity index (χ1) is 31.2. The number of hydrogen-bond donors (Lipinski definition) is 0. The minimum absolute atomic E-state index is 0.465. The molecule has 0 amide bonds. The molecule has 0 radical (unpaired) electrons. The fraction of sp³-hybridized carbons (Fsp3) is 0.0164. The van der Waals surface area contributed by atoms with E-state index in [1.807, 2.05) is 12.1 Å². The molecule has 0 saturated heterocycles. The molecule has 0 bridgehead atoms. The van der Waals surface area contributed by atoms with E-state index in [0.717, 1.165) is 50.1 Å². The molecule has 1 aliphatic rings. The van der Waals surface area contributed by atoms with Crippen molar-refractivity contribution >= 4 is 39.0 Å². The predicted octanol–water partition coefficient (Wildman–Crippen LogP) is 16.4. The molecule has 2 nitrogen and oxygen atoms in total. The van der Waals surface area contributed by atoms with Crippen molar-refractivity contribution in [1.29, 1.82) is 0 Å². The molecular weight excluding hydrogens is 763 g/mol. The van der Waals surface area contributed by atoms with Crippen LogP contribution >= 0.6 is 0 Å². The number of fused-ring (bicyclic) bond motifs is 6. The van der Waals surface area contributed by atoms with Crippen molar-refractivity contribution in [3.63, 3.8) is 0 Å². The molecule has 1 aliphatic carbocycles. The summed E-state index contributed by atoms with van der Waals surface area (Å²) < 4.78 is 6.46. The zero-order valence-corrected chi connectivity index (χ0v) is 34.5. The van der Waals surface area contributed by atoms with Gasteiger partial charge in [0, 0.05) is 33.4 Å². The lowest BCUT2D eigenvalue weighted by Crippen LogP contribution is -2.28. The SMILES string of the molecule is c1ccc(-c2cccc(-c3ccc(N(c4ccc(-c5cccc6c5oc5ccccc56)cc4)c4ccc(C5(c6ccccc6)c6ccccc6-c6ccccc65)cc4)cc3)c2)cc1. The second-order valence-electron chi connectivity index (χ2n) is 16.4. The summed E-state index contributed by atoms with van der Waals surface area (Å²) in [6, 6.07) is 90.1. The van der Waals surface area contributed by atoms with Gasteiger partial charge in [-0.05, 0) is 110 Å². The summed E-state index contributed by atoms with van der Waals surface area (Å²) in [6.07, 6.45) is 0. The van der Waals surface area contributed by atoms with E-state index >= 15 is 0 Å². The van der Waals surface area contributed by atoms with Crippen LogP contribution in [0.4, 0.5) is 17.1 Å². The van der Waals surface area contributed by atoms with E-state index in [1.165, 1.54) is 55.6 Å². The molecule has 0 fully saturated rings. The molecule has 0 N–H and O–H groups in total. The number of hydrogen-bond acceptors (Lipinski definition) is 2. The maximum Gasteiger partial charge on any atom is 0.143 e. The Balaban J connectivity index is 0.977. The molecule has 0 aliphatic heterocycles. The molecule has 0 spiro atoms. The summed E-state index contributed by atoms with van der Waals surface area (Å²) >= 11 is 0. The smallest absolute Gasteiger partial charge is 0.143 e. The van der Waals surface area contributed by atoms with E-state index in [9.17, 15) is 0 Å². The first kappa shape index (κ1) is 36.6. The van der Waals surface area contributed by atoms with E-state index < -0.39 is 5.41 Å². The van der Waals surface area contributed by atoms with Crippen molar-refractivity contribution in [2.24, 2.45) is 0 Å². The highest BCUT2D eigenvalue weighted by Crippen LogP contribution is 2.56. The summed E-state index contributed by atoms with van der Waals surface area (Å²) in [6.45, 7) is 0. The van der Waals surface area contributed by atoms with Crippen LogP contribution in [0, 0.1) is 0 Å². The summed E-state index contributed by atoms with van der Waals surface area (Å²) in [5.74, 6) is 0. The third-order valence-electron chi connectivity index (χ3n) is 13.0. The third-order valence-corrected chi connectivity index (χ3v) is 13.0. The molecule has 0 saturated carbocycles. The van der Waals surface area contributed by atoms with Crippen LogP contribution in [0.5, 0.6) is 0 Å². The summed E-state index contributed by atoms with van der Waals surface area (Å²) in [5.41, 5.74) is 19.2. The van der Waals surface area contributed by atoms with Crippen LogP contribution in [0.15, 0.2) is 253 Å². The average molecular weight is 804 g/mol. The minimum Gasteiger partial charge on any atom is -0.455 e. The molecule has 1 heterocycles. The van der Waals surface area contributed by atoms with Crippen molar-refractivity contribution in [3.05, 3.63) is 271 Å². The molecule has 12 rings (SSSR count). The van der Waals surface area contributed by atoms with Crippen LogP contribution in [0.2, 0.25) is 0 Å². The number of benzene rings is 10. The van der Waals surface area contributed by atoms with Crippen molar-refractivity contribution in [1.82, 2.24) is 0 Å². The van der Waals surface area contributed by atoms with E-state index in [4.69, 9.17) is 4.42 Å². The molecule has 1 aromatic heterocycles. The molecule has 2 heteroatoms. The van der Waals surface area contributed by atoms with Crippen molar-refractivity contribution in [3.8, 4) is 44.5 Å². The highest BCUT2D eigenvalue weighted by atomic mass is 16.3. The monoisotopic (exact) mass is 803 g/mol. The molecule has 0 unspecified atom stereocenters. The summed E-state index contributed by atoms with van der Waals surface area (Å²) in [4.78, 5) is 2.37. The topological polar surface area (TPSA) is 16.4 Å². The van der Waals surface area contributed by atoms with Gasteiger partial charge in [0.1, 0.15) is 11.2 Å². The Morgan fingerprint density at radius 2 is 0.746 bits per heavy atom. The second-order valence-corrected chi connectivity index (χ2v) is 16.4. The van der Waals surface area contributed by atoms with Gasteiger partial charge in [0.15, 0.2) is 0 Å². The molecule has 296 valence electrons. The van der Waals surface area contributed by atoms with Crippen molar-refractivity contribution in [2.75, 3.05) is 4.90 Å². The normalized spacial score (nSPS) is 12.6. The van der Waals surface area contributed by atoms with Crippen LogP contribution in [0.3, 0.4) is 0 Å². The molecule has 63 heavy (non-hydrogen) atoms. The van der Waals surface area contributed by atoms with Gasteiger partial charge in [0.05, 0.1) is 5.41 Å². The van der Waals surface area contributed by atoms with Gasteiger partial charge in [0.25, 0.3) is 0 Å². The van der Waals surface area contributed by atoms with Gasteiger partial charge in [-0.3, -0.25) is 0 Å². The predicted molar refractivity (Wildman–Crippen MR) is 262 cm³/mol. The Labute approximate surface area is 367 Å². The molecule has 0 atom stereocenters. The highest BCUT2D eigenvalue weighted by Gasteiger charge is 2.45. The van der Waals surface area contributed by atoms with Crippen LogP contribution in [0.1, 0.15) is 22.3 Å². The van der Waals surface area contributed by atoms with Gasteiger partial charge in [-0.15, -0.1) is 0 Å². The minimum atomic E-state index is -0.465. The number of furan rings is 1. The first-order valence-corrected chi connectivity index (χ1v) is 21.7. The standard InChI is InChI=1S/C61H41NO/c1-3-15-42(16-4-1)45-17-13-18-46(41-45)43-29-35-49(36-30-43)62(50-37-31-44(32-38-50)52-24-14-25-56-55-23-9-12-28-59(55)63-60(52)56)51-39-33-48(34-40-51)61(47-19-5-2-6-20-47)57-26-10-7-21-53(57)54-22-8-11-27-58(54)61/h1-41H. The van der Waals surface area contributed by atoms with E-state index in [0.29, 0.717) is 0 Å². The van der Waals surface area contributed by atoms with Gasteiger partial charge < -0.3 is 9.32 Å². The van der Waals surface area contributed by atoms with Gasteiger partial charge in [0.2, 0.25) is 0 Å². The third kappa shape index (κ3) is 6.02. The lowest BCUT2D eigenvalue weighted by atomic mass is 9.68. The number of anilines is 3. The average Bonchev–Trinajstić information content (AvgIpc) is 3.90. The fourth-order valence-corrected chi connectivity index (χ4v) is 10.1. The molecule has 11 aromatic rings. The van der Waals surface area contributed by atoms with Crippen LogP contribution in [-0.2, 0) is 5.41 Å². The summed E-state index contributed by atoms with van der Waals surface area (Å²) in [7, 11) is 0.